The summed E-state index contributed by atoms with van der Waals surface area (Å²) in [5.41, 5.74) is 1.11. The summed E-state index contributed by atoms with van der Waals surface area (Å²) in [6.45, 7) is 9.45. The number of hydrogen-bond donors (Lipinski definition) is 0. The van der Waals surface area contributed by atoms with Crippen LogP contribution in [0.2, 0.25) is 5.02 Å². The maximum atomic E-state index is 12.6. The van der Waals surface area contributed by atoms with Crippen LogP contribution in [-0.4, -0.2) is 42.9 Å². The van der Waals surface area contributed by atoms with Crippen molar-refractivity contribution in [3.05, 3.63) is 34.9 Å². The van der Waals surface area contributed by atoms with Gasteiger partial charge in [0.1, 0.15) is 0 Å². The van der Waals surface area contributed by atoms with E-state index in [9.17, 15) is 4.79 Å². The third-order valence-corrected chi connectivity index (χ3v) is 3.79. The zero-order valence-corrected chi connectivity index (χ0v) is 15.3. The van der Waals surface area contributed by atoms with E-state index in [1.54, 1.807) is 0 Å². The Labute approximate surface area is 144 Å². The van der Waals surface area contributed by atoms with Crippen LogP contribution in [0.4, 0.5) is 0 Å². The van der Waals surface area contributed by atoms with Crippen molar-refractivity contribution in [1.82, 2.24) is 4.90 Å². The average Bonchev–Trinajstić information content (AvgIpc) is 2.51. The number of carbonyl (C=O) groups excluding carboxylic acids is 1. The van der Waals surface area contributed by atoms with Crippen LogP contribution < -0.4 is 0 Å². The molecule has 1 rings (SSSR count). The molecule has 0 saturated heterocycles. The predicted molar refractivity (Wildman–Crippen MR) is 93.7 cm³/mol. The van der Waals surface area contributed by atoms with Gasteiger partial charge in [-0.2, -0.15) is 0 Å². The van der Waals surface area contributed by atoms with Gasteiger partial charge in [-0.05, 0) is 51.8 Å². The van der Waals surface area contributed by atoms with Crippen LogP contribution in [0.1, 0.15) is 39.7 Å². The summed E-state index contributed by atoms with van der Waals surface area (Å²) in [4.78, 5) is 14.4. The highest BCUT2D eigenvalue weighted by molar-refractivity contribution is 6.30. The number of halogens is 1. The van der Waals surface area contributed by atoms with Crippen molar-refractivity contribution >= 4 is 17.5 Å². The Bertz CT molecular complexity index is 456. The van der Waals surface area contributed by atoms with Crippen LogP contribution in [-0.2, 0) is 20.7 Å². The van der Waals surface area contributed by atoms with Crippen molar-refractivity contribution in [3.8, 4) is 0 Å². The van der Waals surface area contributed by atoms with Gasteiger partial charge in [-0.25, -0.2) is 0 Å². The predicted octanol–water partition coefficient (Wildman–Crippen LogP) is 3.91. The average molecular weight is 342 g/mol. The first-order valence-corrected chi connectivity index (χ1v) is 8.62. The van der Waals surface area contributed by atoms with Gasteiger partial charge in [0.15, 0.2) is 6.29 Å². The summed E-state index contributed by atoms with van der Waals surface area (Å²) in [7, 11) is 0. The van der Waals surface area contributed by atoms with Crippen LogP contribution in [0.25, 0.3) is 0 Å². The number of nitrogens with zero attached hydrogens (tertiary/aromatic N) is 1. The molecule has 4 nitrogen and oxygen atoms in total. The van der Waals surface area contributed by atoms with Gasteiger partial charge in [-0.1, -0.05) is 23.7 Å². The van der Waals surface area contributed by atoms with E-state index in [0.717, 1.165) is 5.56 Å². The van der Waals surface area contributed by atoms with E-state index in [2.05, 4.69) is 0 Å². The molecule has 1 aromatic rings. The van der Waals surface area contributed by atoms with E-state index in [1.807, 2.05) is 56.9 Å². The molecule has 0 fully saturated rings. The second-order valence-corrected chi connectivity index (χ2v) is 6.04. The van der Waals surface area contributed by atoms with Crippen molar-refractivity contribution < 1.29 is 14.3 Å². The number of hydrogen-bond acceptors (Lipinski definition) is 3. The third kappa shape index (κ3) is 7.34. The van der Waals surface area contributed by atoms with Gasteiger partial charge in [0.25, 0.3) is 0 Å². The van der Waals surface area contributed by atoms with Gasteiger partial charge in [0, 0.05) is 30.7 Å². The van der Waals surface area contributed by atoms with E-state index in [-0.39, 0.29) is 18.2 Å². The maximum Gasteiger partial charge on any atom is 0.223 e. The molecule has 5 heteroatoms. The largest absolute Gasteiger partial charge is 0.351 e. The van der Waals surface area contributed by atoms with Gasteiger partial charge >= 0.3 is 0 Å². The van der Waals surface area contributed by atoms with Crippen LogP contribution in [0.15, 0.2) is 24.3 Å². The molecule has 0 atom stereocenters. The molecule has 0 aliphatic heterocycles. The summed E-state index contributed by atoms with van der Waals surface area (Å²) < 4.78 is 11.1. The SMILES string of the molecule is CCOC(CN(C(=O)CCc1ccc(Cl)cc1)C(C)C)OCC. The molecule has 0 unspecified atom stereocenters. The van der Waals surface area contributed by atoms with Gasteiger partial charge in [-0.3, -0.25) is 4.79 Å². The fourth-order valence-corrected chi connectivity index (χ4v) is 2.46. The lowest BCUT2D eigenvalue weighted by atomic mass is 10.1. The van der Waals surface area contributed by atoms with Crippen LogP contribution in [0, 0.1) is 0 Å². The molecule has 0 aromatic heterocycles. The number of ether oxygens (including phenoxy) is 2. The molecule has 0 aliphatic carbocycles. The number of amides is 1. The Morgan fingerprint density at radius 3 is 2.17 bits per heavy atom. The van der Waals surface area contributed by atoms with Crippen molar-refractivity contribution in [2.75, 3.05) is 19.8 Å². The minimum absolute atomic E-state index is 0.108. The van der Waals surface area contributed by atoms with Crippen molar-refractivity contribution in [1.29, 1.82) is 0 Å². The number of carbonyl (C=O) groups is 1. The first kappa shape index (κ1) is 19.9. The highest BCUT2D eigenvalue weighted by Gasteiger charge is 2.21. The zero-order valence-electron chi connectivity index (χ0n) is 14.5. The van der Waals surface area contributed by atoms with E-state index >= 15 is 0 Å². The fourth-order valence-electron chi connectivity index (χ4n) is 2.33. The normalized spacial score (nSPS) is 11.3. The Morgan fingerprint density at radius 1 is 1.13 bits per heavy atom. The number of aryl methyl sites for hydroxylation is 1. The molecule has 0 saturated carbocycles. The molecule has 23 heavy (non-hydrogen) atoms. The van der Waals surface area contributed by atoms with Crippen molar-refractivity contribution in [2.45, 2.75) is 52.9 Å². The number of benzene rings is 1. The van der Waals surface area contributed by atoms with Gasteiger partial charge < -0.3 is 14.4 Å². The lowest BCUT2D eigenvalue weighted by molar-refractivity contribution is -0.161. The second-order valence-electron chi connectivity index (χ2n) is 5.61. The molecule has 0 spiro atoms. The second kappa shape index (κ2) is 10.6. The van der Waals surface area contributed by atoms with Crippen molar-refractivity contribution in [3.63, 3.8) is 0 Å². The molecule has 0 N–H and O–H groups in total. The van der Waals surface area contributed by atoms with E-state index in [1.165, 1.54) is 0 Å². The zero-order chi connectivity index (χ0) is 17.2. The molecule has 0 aliphatic rings. The van der Waals surface area contributed by atoms with Crippen LogP contribution in [0.5, 0.6) is 0 Å². The van der Waals surface area contributed by atoms with E-state index < -0.39 is 0 Å². The monoisotopic (exact) mass is 341 g/mol. The Morgan fingerprint density at radius 2 is 1.70 bits per heavy atom. The molecular weight excluding hydrogens is 314 g/mol. The summed E-state index contributed by atoms with van der Waals surface area (Å²) in [6, 6.07) is 7.72. The Kier molecular flexibility index (Phi) is 9.22. The first-order valence-electron chi connectivity index (χ1n) is 8.25. The maximum absolute atomic E-state index is 12.6. The van der Waals surface area contributed by atoms with Crippen molar-refractivity contribution in [2.24, 2.45) is 0 Å². The minimum atomic E-state index is -0.369. The summed E-state index contributed by atoms with van der Waals surface area (Å²) in [6.07, 6.45) is 0.796. The molecule has 130 valence electrons. The molecular formula is C18H28ClNO3. The quantitative estimate of drug-likeness (QED) is 0.606. The summed E-state index contributed by atoms with van der Waals surface area (Å²) >= 11 is 5.88. The standard InChI is InChI=1S/C18H28ClNO3/c1-5-22-18(23-6-2)13-20(14(3)4)17(21)12-9-15-7-10-16(19)11-8-15/h7-8,10-11,14,18H,5-6,9,12-13H2,1-4H3. The third-order valence-electron chi connectivity index (χ3n) is 3.54. The molecule has 0 bridgehead atoms. The number of rotatable bonds is 10. The fraction of sp³-hybridized carbons (Fsp3) is 0.611. The lowest BCUT2D eigenvalue weighted by Gasteiger charge is -2.30. The smallest absolute Gasteiger partial charge is 0.223 e. The molecule has 0 heterocycles. The topological polar surface area (TPSA) is 38.8 Å². The van der Waals surface area contributed by atoms with Gasteiger partial charge in [-0.15, -0.1) is 0 Å². The van der Waals surface area contributed by atoms with Gasteiger partial charge in [0.2, 0.25) is 5.91 Å². The Balaban J connectivity index is 2.60. The van der Waals surface area contributed by atoms with Crippen LogP contribution >= 0.6 is 11.6 Å². The van der Waals surface area contributed by atoms with Crippen LogP contribution in [0.3, 0.4) is 0 Å². The van der Waals surface area contributed by atoms with E-state index in [0.29, 0.717) is 37.6 Å². The highest BCUT2D eigenvalue weighted by atomic mass is 35.5. The highest BCUT2D eigenvalue weighted by Crippen LogP contribution is 2.13. The molecule has 0 radical (unpaired) electrons. The van der Waals surface area contributed by atoms with Gasteiger partial charge in [0.05, 0.1) is 6.54 Å². The Hall–Kier alpha value is -1.10. The minimum Gasteiger partial charge on any atom is -0.351 e. The van der Waals surface area contributed by atoms with E-state index in [4.69, 9.17) is 21.1 Å². The molecule has 1 aromatic carbocycles. The summed E-state index contributed by atoms with van der Waals surface area (Å²) in [5.74, 6) is 0.111. The lowest BCUT2D eigenvalue weighted by Crippen LogP contribution is -2.43. The summed E-state index contributed by atoms with van der Waals surface area (Å²) in [5, 5.41) is 0.708. The molecule has 1 amide bonds. The first-order chi connectivity index (χ1) is 11.0.